The maximum absolute atomic E-state index is 2.59. The Morgan fingerprint density at radius 3 is 1.05 bits per heavy atom. The molecule has 282 valence electrons. The van der Waals surface area contributed by atoms with Crippen LogP contribution in [-0.4, -0.2) is 0 Å². The van der Waals surface area contributed by atoms with Crippen LogP contribution < -0.4 is 0 Å². The van der Waals surface area contributed by atoms with E-state index in [0.717, 1.165) is 0 Å². The summed E-state index contributed by atoms with van der Waals surface area (Å²) in [5.41, 5.74) is 15.8. The van der Waals surface area contributed by atoms with E-state index in [1.54, 1.807) is 0 Å². The van der Waals surface area contributed by atoms with Crippen molar-refractivity contribution in [1.29, 1.82) is 0 Å². The third-order valence-corrected chi connectivity index (χ3v) is 14.5. The van der Waals surface area contributed by atoms with Crippen LogP contribution in [0.5, 0.6) is 0 Å². The van der Waals surface area contributed by atoms with Crippen molar-refractivity contribution in [2.45, 2.75) is 38.5 Å². The molecule has 0 saturated heterocycles. The molecule has 0 nitrogen and oxygen atoms in total. The van der Waals surface area contributed by atoms with E-state index >= 15 is 0 Å². The quantitative estimate of drug-likeness (QED) is 0.154. The van der Waals surface area contributed by atoms with E-state index in [4.69, 9.17) is 0 Å². The van der Waals surface area contributed by atoms with Crippen LogP contribution in [-0.2, 0) is 10.8 Å². The van der Waals surface area contributed by atoms with E-state index < -0.39 is 0 Å². The van der Waals surface area contributed by atoms with Crippen molar-refractivity contribution in [2.75, 3.05) is 0 Å². The first-order chi connectivity index (χ1) is 29.3. The van der Waals surface area contributed by atoms with Crippen LogP contribution >= 0.6 is 0 Å². The van der Waals surface area contributed by atoms with Crippen LogP contribution in [0.3, 0.4) is 0 Å². The zero-order chi connectivity index (χ0) is 40.1. The summed E-state index contributed by atoms with van der Waals surface area (Å²) in [6.45, 7) is 9.75. The molecule has 2 aliphatic rings. The largest absolute Gasteiger partial charge is 0.0616 e. The van der Waals surface area contributed by atoms with Crippen LogP contribution in [0.15, 0.2) is 182 Å². The highest BCUT2D eigenvalue weighted by atomic mass is 14.4. The Balaban J connectivity index is 1.23. The zero-order valence-corrected chi connectivity index (χ0v) is 34.3. The van der Waals surface area contributed by atoms with Gasteiger partial charge in [0.2, 0.25) is 0 Å². The molecule has 0 radical (unpaired) electrons. The van der Waals surface area contributed by atoms with Gasteiger partial charge in [-0.15, -0.1) is 0 Å². The minimum absolute atomic E-state index is 0.194. The second kappa shape index (κ2) is 11.8. The smallest absolute Gasteiger partial charge is 0.0165 e. The van der Waals surface area contributed by atoms with Crippen LogP contribution in [0.2, 0.25) is 0 Å². The topological polar surface area (TPSA) is 0 Å². The van der Waals surface area contributed by atoms with Crippen molar-refractivity contribution < 1.29 is 0 Å². The van der Waals surface area contributed by atoms with Gasteiger partial charge in [0.15, 0.2) is 0 Å². The Morgan fingerprint density at radius 1 is 0.267 bits per heavy atom. The molecular weight excluding hydrogens is 721 g/mol. The lowest BCUT2D eigenvalue weighted by molar-refractivity contribution is 0.667. The molecule has 2 aliphatic carbocycles. The molecule has 0 heteroatoms. The Kier molecular flexibility index (Phi) is 6.67. The summed E-state index contributed by atoms with van der Waals surface area (Å²) in [7, 11) is 0. The first-order valence-electron chi connectivity index (χ1n) is 21.4. The minimum Gasteiger partial charge on any atom is -0.0616 e. The molecule has 0 aliphatic heterocycles. The van der Waals surface area contributed by atoms with Gasteiger partial charge in [-0.2, -0.15) is 0 Å². The lowest BCUT2D eigenvalue weighted by atomic mass is 9.77. The maximum atomic E-state index is 2.59. The van der Waals surface area contributed by atoms with E-state index in [9.17, 15) is 0 Å². The van der Waals surface area contributed by atoms with Crippen LogP contribution in [0.25, 0.3) is 109 Å². The van der Waals surface area contributed by atoms with E-state index in [1.807, 2.05) is 0 Å². The van der Waals surface area contributed by atoms with Crippen molar-refractivity contribution in [3.63, 3.8) is 0 Å². The summed E-state index contributed by atoms with van der Waals surface area (Å²) in [5.74, 6) is 0. The number of hydrogen-bond donors (Lipinski definition) is 0. The highest BCUT2D eigenvalue weighted by molar-refractivity contribution is 6.24. The Labute approximate surface area is 350 Å². The van der Waals surface area contributed by atoms with Gasteiger partial charge in [0, 0.05) is 10.8 Å². The molecule has 0 atom stereocenters. The zero-order valence-electron chi connectivity index (χ0n) is 34.3. The molecule has 11 aromatic rings. The molecule has 0 fully saturated rings. The molecule has 60 heavy (non-hydrogen) atoms. The lowest BCUT2D eigenvalue weighted by Crippen LogP contribution is -2.16. The average molecular weight is 763 g/mol. The highest BCUT2D eigenvalue weighted by Gasteiger charge is 2.40. The Hall–Kier alpha value is -7.02. The van der Waals surface area contributed by atoms with Gasteiger partial charge in [-0.25, -0.2) is 0 Å². The van der Waals surface area contributed by atoms with Crippen LogP contribution in [0, 0.1) is 0 Å². The van der Waals surface area contributed by atoms with Gasteiger partial charge in [0.25, 0.3) is 0 Å². The fourth-order valence-electron chi connectivity index (χ4n) is 11.7. The predicted molar refractivity (Wildman–Crippen MR) is 257 cm³/mol. The average Bonchev–Trinajstić information content (AvgIpc) is 3.65. The number of benzene rings is 11. The van der Waals surface area contributed by atoms with Crippen LogP contribution in [0.1, 0.15) is 49.9 Å². The van der Waals surface area contributed by atoms with Crippen molar-refractivity contribution >= 4 is 64.6 Å². The molecule has 0 aromatic heterocycles. The summed E-state index contributed by atoms with van der Waals surface area (Å²) in [6, 6.07) is 69.4. The van der Waals surface area contributed by atoms with Gasteiger partial charge in [0.05, 0.1) is 0 Å². The van der Waals surface area contributed by atoms with Gasteiger partial charge >= 0.3 is 0 Å². The summed E-state index contributed by atoms with van der Waals surface area (Å²) < 4.78 is 0. The van der Waals surface area contributed by atoms with E-state index in [-0.39, 0.29) is 10.8 Å². The molecule has 0 bridgehead atoms. The van der Waals surface area contributed by atoms with E-state index in [1.165, 1.54) is 131 Å². The third-order valence-electron chi connectivity index (χ3n) is 14.5. The van der Waals surface area contributed by atoms with Gasteiger partial charge in [0.1, 0.15) is 0 Å². The summed E-state index contributed by atoms with van der Waals surface area (Å²) in [5, 5.41) is 15.5. The molecular formula is C60H42. The van der Waals surface area contributed by atoms with Crippen molar-refractivity contribution in [3.8, 4) is 44.5 Å². The van der Waals surface area contributed by atoms with Gasteiger partial charge < -0.3 is 0 Å². The van der Waals surface area contributed by atoms with E-state index in [0.29, 0.717) is 0 Å². The van der Waals surface area contributed by atoms with Crippen LogP contribution in [0.4, 0.5) is 0 Å². The molecule has 0 amide bonds. The summed E-state index contributed by atoms with van der Waals surface area (Å²) in [4.78, 5) is 0. The predicted octanol–water partition coefficient (Wildman–Crippen LogP) is 16.6. The van der Waals surface area contributed by atoms with Crippen molar-refractivity contribution in [1.82, 2.24) is 0 Å². The molecule has 0 N–H and O–H groups in total. The molecule has 11 aromatic carbocycles. The second-order valence-electron chi connectivity index (χ2n) is 18.4. The second-order valence-corrected chi connectivity index (χ2v) is 18.4. The normalized spacial score (nSPS) is 14.6. The standard InChI is InChI=1S/C60H42/c1-59(2)53-33-51-49(31-47(53)45-27-25-37-15-9-11-19-43(37)57(45)59)56(42-24-22-36-14-6-8-18-40(36)30-42)52-34-54-48(46-28-26-38-16-10-12-20-44(38)58(46)60(54,3)4)32-50(52)55(51)41-23-21-35-13-5-7-17-39(35)29-41/h5-34H,1-4H3. The van der Waals surface area contributed by atoms with Gasteiger partial charge in [-0.05, 0) is 168 Å². The molecule has 0 saturated carbocycles. The molecule has 0 heterocycles. The van der Waals surface area contributed by atoms with Gasteiger partial charge in [-0.1, -0.05) is 173 Å². The van der Waals surface area contributed by atoms with E-state index in [2.05, 4.69) is 210 Å². The first kappa shape index (κ1) is 33.9. The SMILES string of the molecule is CC1(C)c2cc3c(-c4ccc5ccccc5c4)c4cc5c(cc4c(-c4ccc6ccccc6c4)c3cc2-c2ccc3ccccc3c21)C(C)(C)c1c-5ccc2ccccc12. The Morgan fingerprint density at radius 2 is 0.617 bits per heavy atom. The van der Waals surface area contributed by atoms with Crippen molar-refractivity contribution in [2.24, 2.45) is 0 Å². The Bertz CT molecular complexity index is 3460. The maximum Gasteiger partial charge on any atom is 0.0165 e. The first-order valence-corrected chi connectivity index (χ1v) is 21.4. The molecule has 13 rings (SSSR count). The minimum atomic E-state index is -0.194. The van der Waals surface area contributed by atoms with Crippen molar-refractivity contribution in [3.05, 3.63) is 204 Å². The fourth-order valence-corrected chi connectivity index (χ4v) is 11.7. The highest BCUT2D eigenvalue weighted by Crippen LogP contribution is 2.58. The number of rotatable bonds is 2. The lowest BCUT2D eigenvalue weighted by Gasteiger charge is -2.26. The summed E-state index contributed by atoms with van der Waals surface area (Å²) in [6.07, 6.45) is 0. The van der Waals surface area contributed by atoms with Gasteiger partial charge in [-0.3, -0.25) is 0 Å². The number of fused-ring (bicyclic) bond motifs is 14. The third kappa shape index (κ3) is 4.46. The fraction of sp³-hybridized carbons (Fsp3) is 0.100. The number of hydrogen-bond acceptors (Lipinski definition) is 0. The molecule has 0 unspecified atom stereocenters. The monoisotopic (exact) mass is 762 g/mol. The molecule has 0 spiro atoms. The summed E-state index contributed by atoms with van der Waals surface area (Å²) >= 11 is 0.